The van der Waals surface area contributed by atoms with Gasteiger partial charge in [0.25, 0.3) is 0 Å². The topological polar surface area (TPSA) is 41.6 Å². The van der Waals surface area contributed by atoms with Crippen LogP contribution in [0.5, 0.6) is 5.75 Å². The molecule has 4 rings (SSSR count). The van der Waals surface area contributed by atoms with E-state index < -0.39 is 11.9 Å². The number of halogens is 2. The van der Waals surface area contributed by atoms with Crippen molar-refractivity contribution in [1.82, 2.24) is 10.2 Å². The van der Waals surface area contributed by atoms with Gasteiger partial charge in [-0.25, -0.2) is 8.78 Å². The lowest BCUT2D eigenvalue weighted by Crippen LogP contribution is -2.45. The Balaban J connectivity index is 1.68. The smallest absolute Gasteiger partial charge is 0.226 e. The Morgan fingerprint density at radius 1 is 0.939 bits per heavy atom. The Labute approximate surface area is 193 Å². The first-order valence-corrected chi connectivity index (χ1v) is 11.3. The maximum atomic E-state index is 15.0. The molecule has 33 heavy (non-hydrogen) atoms. The van der Waals surface area contributed by atoms with Crippen LogP contribution in [0.1, 0.15) is 30.0 Å². The normalized spacial score (nSPS) is 15.1. The minimum absolute atomic E-state index is 0.0364. The van der Waals surface area contributed by atoms with Crippen molar-refractivity contribution in [3.05, 3.63) is 102 Å². The van der Waals surface area contributed by atoms with Crippen LogP contribution in [0.2, 0.25) is 0 Å². The number of para-hydroxylation sites is 1. The fraction of sp³-hybridized carbons (Fsp3) is 0.296. The van der Waals surface area contributed by atoms with Crippen LogP contribution in [0.4, 0.5) is 8.78 Å². The molecule has 1 aliphatic rings. The summed E-state index contributed by atoms with van der Waals surface area (Å²) in [6, 6.07) is 21.1. The quantitative estimate of drug-likeness (QED) is 0.527. The van der Waals surface area contributed by atoms with Gasteiger partial charge in [0.2, 0.25) is 5.91 Å². The van der Waals surface area contributed by atoms with E-state index in [9.17, 15) is 9.18 Å². The minimum Gasteiger partial charge on any atom is -0.492 e. The van der Waals surface area contributed by atoms with E-state index in [-0.39, 0.29) is 30.8 Å². The van der Waals surface area contributed by atoms with Gasteiger partial charge < -0.3 is 15.0 Å². The van der Waals surface area contributed by atoms with Crippen molar-refractivity contribution in [2.75, 3.05) is 26.2 Å². The molecule has 172 valence electrons. The third-order valence-corrected chi connectivity index (χ3v) is 6.01. The molecule has 3 aromatic carbocycles. The monoisotopic (exact) mass is 450 g/mol. The van der Waals surface area contributed by atoms with Crippen LogP contribution < -0.4 is 10.1 Å². The number of hydrogen-bond donors (Lipinski definition) is 1. The van der Waals surface area contributed by atoms with Crippen LogP contribution in [0, 0.1) is 17.6 Å². The van der Waals surface area contributed by atoms with Crippen molar-refractivity contribution in [1.29, 1.82) is 0 Å². The number of ether oxygens (including phenoxy) is 1. The lowest BCUT2D eigenvalue weighted by molar-refractivity contribution is -0.138. The van der Waals surface area contributed by atoms with Crippen molar-refractivity contribution >= 4 is 5.91 Å². The van der Waals surface area contributed by atoms with Gasteiger partial charge in [-0.05, 0) is 61.8 Å². The summed E-state index contributed by atoms with van der Waals surface area (Å²) < 4.78 is 34.6. The lowest BCUT2D eigenvalue weighted by Gasteiger charge is -2.36. The third-order valence-electron chi connectivity index (χ3n) is 6.01. The Kier molecular flexibility index (Phi) is 7.68. The van der Waals surface area contributed by atoms with Gasteiger partial charge in [0.15, 0.2) is 0 Å². The highest BCUT2D eigenvalue weighted by atomic mass is 19.1. The highest BCUT2D eigenvalue weighted by Crippen LogP contribution is 2.33. The van der Waals surface area contributed by atoms with Crippen LogP contribution in [0.25, 0.3) is 0 Å². The molecule has 1 heterocycles. The summed E-state index contributed by atoms with van der Waals surface area (Å²) in [6.45, 7) is 2.07. The van der Waals surface area contributed by atoms with Crippen LogP contribution in [-0.2, 0) is 4.79 Å². The molecule has 0 saturated carbocycles. The summed E-state index contributed by atoms with van der Waals surface area (Å²) in [4.78, 5) is 15.5. The molecule has 0 radical (unpaired) electrons. The first kappa shape index (κ1) is 22.9. The summed E-state index contributed by atoms with van der Waals surface area (Å²) in [6.07, 6.45) is 1.45. The second-order valence-electron chi connectivity index (χ2n) is 8.19. The number of hydrogen-bond acceptors (Lipinski definition) is 3. The Hall–Kier alpha value is -3.25. The van der Waals surface area contributed by atoms with Gasteiger partial charge in [0.1, 0.15) is 24.0 Å². The van der Waals surface area contributed by atoms with Gasteiger partial charge in [0.05, 0.1) is 12.6 Å². The predicted octanol–water partition coefficient (Wildman–Crippen LogP) is 4.96. The molecule has 3 aromatic rings. The van der Waals surface area contributed by atoms with Crippen molar-refractivity contribution in [2.24, 2.45) is 5.92 Å². The highest BCUT2D eigenvalue weighted by molar-refractivity contribution is 5.80. The summed E-state index contributed by atoms with van der Waals surface area (Å²) in [5, 5.41) is 3.28. The van der Waals surface area contributed by atoms with E-state index in [1.165, 1.54) is 18.2 Å². The van der Waals surface area contributed by atoms with Gasteiger partial charge >= 0.3 is 0 Å². The van der Waals surface area contributed by atoms with Crippen LogP contribution in [-0.4, -0.2) is 37.0 Å². The Morgan fingerprint density at radius 2 is 1.61 bits per heavy atom. The summed E-state index contributed by atoms with van der Waals surface area (Å²) in [5.74, 6) is -0.270. The molecule has 1 atom stereocenters. The lowest BCUT2D eigenvalue weighted by atomic mass is 9.92. The van der Waals surface area contributed by atoms with Crippen molar-refractivity contribution < 1.29 is 18.3 Å². The Morgan fingerprint density at radius 3 is 2.30 bits per heavy atom. The van der Waals surface area contributed by atoms with Crippen molar-refractivity contribution in [3.8, 4) is 5.75 Å². The second kappa shape index (κ2) is 11.1. The molecular formula is C27H28F2N2O2. The molecule has 0 aromatic heterocycles. The first-order chi connectivity index (χ1) is 16.1. The average molecular weight is 451 g/mol. The molecule has 1 fully saturated rings. The van der Waals surface area contributed by atoms with E-state index >= 15 is 4.39 Å². The maximum absolute atomic E-state index is 15.0. The molecule has 0 aliphatic carbocycles. The van der Waals surface area contributed by atoms with Crippen LogP contribution in [0.15, 0.2) is 78.9 Å². The predicted molar refractivity (Wildman–Crippen MR) is 124 cm³/mol. The Bertz CT molecular complexity index is 1040. The van der Waals surface area contributed by atoms with Gasteiger partial charge in [-0.1, -0.05) is 48.5 Å². The van der Waals surface area contributed by atoms with E-state index in [4.69, 9.17) is 4.74 Å². The number of carbonyl (C=O) groups excluding carboxylic acids is 1. The maximum Gasteiger partial charge on any atom is 0.226 e. The second-order valence-corrected chi connectivity index (χ2v) is 8.19. The molecule has 1 saturated heterocycles. The van der Waals surface area contributed by atoms with E-state index in [2.05, 4.69) is 5.32 Å². The third kappa shape index (κ3) is 5.76. The minimum atomic E-state index is -0.687. The van der Waals surface area contributed by atoms with Gasteiger partial charge in [0, 0.05) is 11.5 Å². The van der Waals surface area contributed by atoms with Crippen LogP contribution >= 0.6 is 0 Å². The SMILES string of the molecule is O=C(C1CCNCC1)N(CCOc1ccccc1)[C@H](c1ccc(F)cc1)c1ccccc1F. The molecule has 1 N–H and O–H groups in total. The molecule has 1 amide bonds. The zero-order valence-corrected chi connectivity index (χ0v) is 18.4. The van der Waals surface area contributed by atoms with Gasteiger partial charge in [-0.2, -0.15) is 0 Å². The summed E-state index contributed by atoms with van der Waals surface area (Å²) in [5.41, 5.74) is 1.04. The number of amides is 1. The number of benzene rings is 3. The molecule has 0 spiro atoms. The fourth-order valence-electron chi connectivity index (χ4n) is 4.32. The van der Waals surface area contributed by atoms with Gasteiger partial charge in [-0.3, -0.25) is 4.79 Å². The number of rotatable bonds is 8. The molecule has 0 bridgehead atoms. The van der Waals surface area contributed by atoms with E-state index in [1.54, 1.807) is 35.2 Å². The number of nitrogens with zero attached hydrogens (tertiary/aromatic N) is 1. The molecule has 1 aliphatic heterocycles. The fourth-order valence-corrected chi connectivity index (χ4v) is 4.32. The number of carbonyl (C=O) groups is 1. The van der Waals surface area contributed by atoms with Crippen molar-refractivity contribution in [3.63, 3.8) is 0 Å². The average Bonchev–Trinajstić information content (AvgIpc) is 2.86. The zero-order valence-electron chi connectivity index (χ0n) is 18.4. The highest BCUT2D eigenvalue weighted by Gasteiger charge is 2.33. The first-order valence-electron chi connectivity index (χ1n) is 11.3. The molecule has 4 nitrogen and oxygen atoms in total. The summed E-state index contributed by atoms with van der Waals surface area (Å²) >= 11 is 0. The standard InChI is InChI=1S/C27H28F2N2O2/c28-22-12-10-20(11-13-22)26(24-8-4-5-9-25(24)29)31(27(32)21-14-16-30-17-15-21)18-19-33-23-6-2-1-3-7-23/h1-13,21,26,30H,14-19H2/t26-/m1/s1. The zero-order chi connectivity index (χ0) is 23.0. The molecular weight excluding hydrogens is 422 g/mol. The van der Waals surface area contributed by atoms with E-state index in [0.29, 0.717) is 16.9 Å². The largest absolute Gasteiger partial charge is 0.492 e. The van der Waals surface area contributed by atoms with Crippen molar-refractivity contribution in [2.45, 2.75) is 18.9 Å². The van der Waals surface area contributed by atoms with Gasteiger partial charge in [-0.15, -0.1) is 0 Å². The summed E-state index contributed by atoms with van der Waals surface area (Å²) in [7, 11) is 0. The molecule has 0 unspecified atom stereocenters. The van der Waals surface area contributed by atoms with E-state index in [0.717, 1.165) is 25.9 Å². The van der Waals surface area contributed by atoms with E-state index in [1.807, 2.05) is 30.3 Å². The number of piperidine rings is 1. The number of nitrogens with one attached hydrogen (secondary N) is 1. The molecule has 6 heteroatoms. The van der Waals surface area contributed by atoms with Crippen LogP contribution in [0.3, 0.4) is 0 Å².